The molecule has 25 heavy (non-hydrogen) atoms. The number of carbonyl (C=O) groups is 2. The van der Waals surface area contributed by atoms with Crippen LogP contribution in [0.5, 0.6) is 0 Å². The number of likely N-dealkylation sites (N-methyl/N-ethyl adjacent to an activating group) is 1. The molecule has 1 aromatic heterocycles. The van der Waals surface area contributed by atoms with Crippen molar-refractivity contribution in [3.8, 4) is 0 Å². The van der Waals surface area contributed by atoms with Crippen LogP contribution in [-0.2, 0) is 9.53 Å². The second-order valence-electron chi connectivity index (χ2n) is 6.98. The van der Waals surface area contributed by atoms with Gasteiger partial charge in [0.05, 0.1) is 19.8 Å². The van der Waals surface area contributed by atoms with Gasteiger partial charge in [0, 0.05) is 45.3 Å². The fraction of sp³-hybridized carbons (Fsp3) is 0.706. The average Bonchev–Trinajstić information content (AvgIpc) is 3.12. The lowest BCUT2D eigenvalue weighted by atomic mass is 9.94. The maximum atomic E-state index is 12.5. The Morgan fingerprint density at radius 1 is 1.32 bits per heavy atom. The van der Waals surface area contributed by atoms with Crippen LogP contribution in [0.25, 0.3) is 0 Å². The van der Waals surface area contributed by atoms with Crippen LogP contribution in [0, 0.1) is 0 Å². The molecule has 0 spiro atoms. The molecule has 2 fully saturated rings. The number of hydrogen-bond donors (Lipinski definition) is 1. The van der Waals surface area contributed by atoms with E-state index >= 15 is 0 Å². The van der Waals surface area contributed by atoms with Gasteiger partial charge in [0.15, 0.2) is 0 Å². The Hall–Kier alpha value is -1.93. The third-order valence-electron chi connectivity index (χ3n) is 4.92. The Morgan fingerprint density at radius 2 is 2.08 bits per heavy atom. The zero-order valence-corrected chi connectivity index (χ0v) is 15.0. The smallest absolute Gasteiger partial charge is 0.274 e. The number of likely N-dealkylation sites (tertiary alicyclic amines) is 1. The number of amides is 2. The topological polar surface area (TPSA) is 81.8 Å². The summed E-state index contributed by atoms with van der Waals surface area (Å²) in [6.45, 7) is 4.59. The number of piperidine rings is 1. The van der Waals surface area contributed by atoms with Gasteiger partial charge >= 0.3 is 0 Å². The fourth-order valence-corrected chi connectivity index (χ4v) is 3.37. The summed E-state index contributed by atoms with van der Waals surface area (Å²) >= 11 is 0. The van der Waals surface area contributed by atoms with Crippen LogP contribution in [0.15, 0.2) is 6.07 Å². The normalized spacial score (nSPS) is 22.0. The van der Waals surface area contributed by atoms with Gasteiger partial charge in [-0.3, -0.25) is 19.6 Å². The zero-order valence-electron chi connectivity index (χ0n) is 15.0. The molecule has 138 valence electrons. The third-order valence-corrected chi connectivity index (χ3v) is 4.92. The van der Waals surface area contributed by atoms with E-state index in [9.17, 15) is 9.59 Å². The minimum Gasteiger partial charge on any atom is -0.378 e. The van der Waals surface area contributed by atoms with Crippen molar-refractivity contribution in [2.45, 2.75) is 18.8 Å². The van der Waals surface area contributed by atoms with Crippen LogP contribution >= 0.6 is 0 Å². The predicted octanol–water partition coefficient (Wildman–Crippen LogP) is 0.150. The number of hydrogen-bond acceptors (Lipinski definition) is 5. The van der Waals surface area contributed by atoms with Gasteiger partial charge in [-0.1, -0.05) is 0 Å². The summed E-state index contributed by atoms with van der Waals surface area (Å²) in [4.78, 5) is 30.0. The van der Waals surface area contributed by atoms with Crippen molar-refractivity contribution in [2.24, 2.45) is 0 Å². The van der Waals surface area contributed by atoms with E-state index in [0.29, 0.717) is 38.5 Å². The lowest BCUT2D eigenvalue weighted by Gasteiger charge is -2.32. The number of H-pyrrole nitrogens is 1. The summed E-state index contributed by atoms with van der Waals surface area (Å²) in [5.74, 6) is 0.358. The van der Waals surface area contributed by atoms with Gasteiger partial charge < -0.3 is 14.5 Å². The SMILES string of the molecule is CN(C)C(=O)CN1CCC[C@H](c2cc(C(=O)N3CCOCC3)n[nH]2)C1. The van der Waals surface area contributed by atoms with Gasteiger partial charge in [-0.2, -0.15) is 5.10 Å². The van der Waals surface area contributed by atoms with Crippen LogP contribution in [-0.4, -0.2) is 96.7 Å². The molecule has 1 N–H and O–H groups in total. The van der Waals surface area contributed by atoms with E-state index in [1.54, 1.807) is 23.9 Å². The summed E-state index contributed by atoms with van der Waals surface area (Å²) in [6, 6.07) is 1.87. The number of nitrogens with one attached hydrogen (secondary N) is 1. The molecule has 2 aliphatic heterocycles. The Morgan fingerprint density at radius 3 is 2.80 bits per heavy atom. The zero-order chi connectivity index (χ0) is 17.8. The Kier molecular flexibility index (Phi) is 5.70. The number of aromatic amines is 1. The second kappa shape index (κ2) is 7.97. The van der Waals surface area contributed by atoms with Crippen molar-refractivity contribution in [2.75, 3.05) is 60.0 Å². The van der Waals surface area contributed by atoms with E-state index in [4.69, 9.17) is 4.74 Å². The Bertz CT molecular complexity index is 609. The number of ether oxygens (including phenoxy) is 1. The lowest BCUT2D eigenvalue weighted by Crippen LogP contribution is -2.41. The molecule has 0 saturated carbocycles. The van der Waals surface area contributed by atoms with E-state index in [1.807, 2.05) is 6.07 Å². The molecule has 8 nitrogen and oxygen atoms in total. The molecule has 0 aliphatic carbocycles. The highest BCUT2D eigenvalue weighted by molar-refractivity contribution is 5.92. The van der Waals surface area contributed by atoms with E-state index < -0.39 is 0 Å². The molecule has 0 aromatic carbocycles. The molecule has 2 amide bonds. The predicted molar refractivity (Wildman–Crippen MR) is 92.4 cm³/mol. The molecular weight excluding hydrogens is 322 g/mol. The average molecular weight is 349 g/mol. The van der Waals surface area contributed by atoms with Crippen LogP contribution in [0.1, 0.15) is 34.9 Å². The third kappa shape index (κ3) is 4.38. The molecule has 3 heterocycles. The molecule has 0 unspecified atom stereocenters. The van der Waals surface area contributed by atoms with Crippen molar-refractivity contribution < 1.29 is 14.3 Å². The first-order valence-electron chi connectivity index (χ1n) is 8.89. The summed E-state index contributed by atoms with van der Waals surface area (Å²) < 4.78 is 5.29. The quantitative estimate of drug-likeness (QED) is 0.837. The molecule has 1 atom stereocenters. The monoisotopic (exact) mass is 349 g/mol. The van der Waals surface area contributed by atoms with Crippen molar-refractivity contribution >= 4 is 11.8 Å². The number of carbonyl (C=O) groups excluding carboxylic acids is 2. The van der Waals surface area contributed by atoms with E-state index in [2.05, 4.69) is 15.1 Å². The maximum Gasteiger partial charge on any atom is 0.274 e. The van der Waals surface area contributed by atoms with Crippen LogP contribution in [0.4, 0.5) is 0 Å². The van der Waals surface area contributed by atoms with Gasteiger partial charge in [0.25, 0.3) is 5.91 Å². The van der Waals surface area contributed by atoms with Crippen molar-refractivity contribution in [3.05, 3.63) is 17.5 Å². The van der Waals surface area contributed by atoms with Gasteiger partial charge in [-0.05, 0) is 25.5 Å². The molecule has 0 bridgehead atoms. The number of aromatic nitrogens is 2. The molecular formula is C17H27N5O3. The molecule has 1 aromatic rings. The van der Waals surface area contributed by atoms with Crippen LogP contribution in [0.3, 0.4) is 0 Å². The van der Waals surface area contributed by atoms with Crippen LogP contribution in [0.2, 0.25) is 0 Å². The van der Waals surface area contributed by atoms with Gasteiger partial charge in [0.2, 0.25) is 5.91 Å². The Balaban J connectivity index is 1.61. The fourth-order valence-electron chi connectivity index (χ4n) is 3.37. The van der Waals surface area contributed by atoms with E-state index in [-0.39, 0.29) is 17.7 Å². The highest BCUT2D eigenvalue weighted by Crippen LogP contribution is 2.26. The van der Waals surface area contributed by atoms with Crippen molar-refractivity contribution in [3.63, 3.8) is 0 Å². The molecule has 2 saturated heterocycles. The largest absolute Gasteiger partial charge is 0.378 e. The van der Waals surface area contributed by atoms with Gasteiger partial charge in [-0.25, -0.2) is 0 Å². The van der Waals surface area contributed by atoms with E-state index in [0.717, 1.165) is 31.6 Å². The van der Waals surface area contributed by atoms with Gasteiger partial charge in [-0.15, -0.1) is 0 Å². The maximum absolute atomic E-state index is 12.5. The molecule has 3 rings (SSSR count). The molecule has 0 radical (unpaired) electrons. The first kappa shape index (κ1) is 17.9. The first-order chi connectivity index (χ1) is 12.0. The minimum absolute atomic E-state index is 0.0405. The number of morpholine rings is 1. The van der Waals surface area contributed by atoms with Crippen molar-refractivity contribution in [1.29, 1.82) is 0 Å². The lowest BCUT2D eigenvalue weighted by molar-refractivity contribution is -0.130. The molecule has 2 aliphatic rings. The standard InChI is InChI=1S/C17H27N5O3/c1-20(2)16(23)12-21-5-3-4-13(11-21)14-10-15(19-18-14)17(24)22-6-8-25-9-7-22/h10,13H,3-9,11-12H2,1-2H3,(H,18,19)/t13-/m0/s1. The summed E-state index contributed by atoms with van der Waals surface area (Å²) in [6.07, 6.45) is 2.08. The summed E-state index contributed by atoms with van der Waals surface area (Å²) in [7, 11) is 3.56. The van der Waals surface area contributed by atoms with Crippen molar-refractivity contribution in [1.82, 2.24) is 24.9 Å². The van der Waals surface area contributed by atoms with E-state index in [1.165, 1.54) is 0 Å². The number of rotatable bonds is 4. The Labute approximate surface area is 148 Å². The first-order valence-corrected chi connectivity index (χ1v) is 8.89. The minimum atomic E-state index is -0.0405. The van der Waals surface area contributed by atoms with Crippen LogP contribution < -0.4 is 0 Å². The molecule has 8 heteroatoms. The second-order valence-corrected chi connectivity index (χ2v) is 6.98. The summed E-state index contributed by atoms with van der Waals surface area (Å²) in [5.41, 5.74) is 1.46. The highest BCUT2D eigenvalue weighted by Gasteiger charge is 2.27. The highest BCUT2D eigenvalue weighted by atomic mass is 16.5. The number of nitrogens with zero attached hydrogens (tertiary/aromatic N) is 4. The van der Waals surface area contributed by atoms with Gasteiger partial charge in [0.1, 0.15) is 5.69 Å². The summed E-state index contributed by atoms with van der Waals surface area (Å²) in [5, 5.41) is 7.27.